The molecule has 0 fully saturated rings. The summed E-state index contributed by atoms with van der Waals surface area (Å²) in [6.45, 7) is 3.01. The van der Waals surface area contributed by atoms with Crippen molar-refractivity contribution < 1.29 is 39.6 Å². The van der Waals surface area contributed by atoms with Crippen LogP contribution in [0.4, 0.5) is 0 Å². The van der Waals surface area contributed by atoms with Crippen LogP contribution in [0.25, 0.3) is 0 Å². The summed E-state index contributed by atoms with van der Waals surface area (Å²) in [5, 5.41) is 31.7. The SMILES string of the molecule is C=C(CC(=O)O)C(=O)O.O=C(O)C=CC(=O)O. The lowest BCUT2D eigenvalue weighted by Crippen LogP contribution is -2.04. The van der Waals surface area contributed by atoms with Crippen LogP contribution in [-0.2, 0) is 19.2 Å². The molecule has 0 spiro atoms. The predicted molar refractivity (Wildman–Crippen MR) is 53.4 cm³/mol. The fourth-order valence-corrected chi connectivity index (χ4v) is 0.401. The van der Waals surface area contributed by atoms with Crippen LogP contribution >= 0.6 is 0 Å². The van der Waals surface area contributed by atoms with Crippen LogP contribution in [0.15, 0.2) is 24.3 Å². The molecule has 0 heterocycles. The van der Waals surface area contributed by atoms with Crippen LogP contribution in [0.3, 0.4) is 0 Å². The van der Waals surface area contributed by atoms with Gasteiger partial charge in [0.05, 0.1) is 6.42 Å². The predicted octanol–water partition coefficient (Wildman–Crippen LogP) is -0.186. The highest BCUT2D eigenvalue weighted by Crippen LogP contribution is 1.95. The number of rotatable bonds is 5. The van der Waals surface area contributed by atoms with E-state index < -0.39 is 30.3 Å². The minimum Gasteiger partial charge on any atom is -0.481 e. The molecule has 0 aromatic rings. The summed E-state index contributed by atoms with van der Waals surface area (Å²) in [7, 11) is 0. The summed E-state index contributed by atoms with van der Waals surface area (Å²) in [5.41, 5.74) is -0.303. The Morgan fingerprint density at radius 3 is 1.35 bits per heavy atom. The van der Waals surface area contributed by atoms with Gasteiger partial charge < -0.3 is 20.4 Å². The molecule has 17 heavy (non-hydrogen) atoms. The van der Waals surface area contributed by atoms with Gasteiger partial charge >= 0.3 is 23.9 Å². The van der Waals surface area contributed by atoms with E-state index in [1.54, 1.807) is 0 Å². The molecule has 0 aliphatic carbocycles. The van der Waals surface area contributed by atoms with Gasteiger partial charge in [0.2, 0.25) is 0 Å². The van der Waals surface area contributed by atoms with Gasteiger partial charge in [-0.25, -0.2) is 14.4 Å². The first-order valence-corrected chi connectivity index (χ1v) is 3.93. The zero-order valence-electron chi connectivity index (χ0n) is 8.49. The quantitative estimate of drug-likeness (QED) is 0.487. The molecule has 0 bridgehead atoms. The molecule has 0 saturated heterocycles. The van der Waals surface area contributed by atoms with Crippen LogP contribution in [0, 0.1) is 0 Å². The minimum absolute atomic E-state index is 0.303. The second-order valence-electron chi connectivity index (χ2n) is 2.49. The molecule has 8 heteroatoms. The number of carboxylic acids is 4. The fourth-order valence-electron chi connectivity index (χ4n) is 0.401. The van der Waals surface area contributed by atoms with Gasteiger partial charge in [0.1, 0.15) is 0 Å². The maximum Gasteiger partial charge on any atom is 0.331 e. The number of carboxylic acid groups (broad SMARTS) is 4. The Labute approximate surface area is 95.1 Å². The third-order valence-electron chi connectivity index (χ3n) is 1.04. The van der Waals surface area contributed by atoms with Crippen molar-refractivity contribution in [3.8, 4) is 0 Å². The maximum absolute atomic E-state index is 9.87. The van der Waals surface area contributed by atoms with Gasteiger partial charge in [-0.1, -0.05) is 6.58 Å². The van der Waals surface area contributed by atoms with Crippen molar-refractivity contribution in [2.75, 3.05) is 0 Å². The van der Waals surface area contributed by atoms with Crippen LogP contribution < -0.4 is 0 Å². The van der Waals surface area contributed by atoms with E-state index in [0.717, 1.165) is 0 Å². The van der Waals surface area contributed by atoms with Gasteiger partial charge in [-0.15, -0.1) is 0 Å². The van der Waals surface area contributed by atoms with E-state index in [2.05, 4.69) is 6.58 Å². The van der Waals surface area contributed by atoms with Gasteiger partial charge in [-0.05, 0) is 0 Å². The first-order chi connectivity index (χ1) is 7.66. The Morgan fingerprint density at radius 1 is 0.882 bits per heavy atom. The largest absolute Gasteiger partial charge is 0.481 e. The summed E-state index contributed by atoms with van der Waals surface area (Å²) in [4.78, 5) is 38.8. The molecule has 0 aliphatic heterocycles. The van der Waals surface area contributed by atoms with Crippen molar-refractivity contribution in [2.45, 2.75) is 6.42 Å². The molecule has 0 saturated carbocycles. The molecule has 0 rings (SSSR count). The highest BCUT2D eigenvalue weighted by molar-refractivity contribution is 5.91. The standard InChI is InChI=1S/C5H6O4.C4H4O4/c1-3(5(8)9)2-4(6)7;5-3(6)1-2-4(7)8/h1-2H2,(H,6,7)(H,8,9);1-2H,(H,5,6)(H,7,8). The second-order valence-corrected chi connectivity index (χ2v) is 2.49. The normalized spacial score (nSPS) is 8.94. The molecule has 0 amide bonds. The third-order valence-corrected chi connectivity index (χ3v) is 1.04. The molecule has 0 aliphatic rings. The second kappa shape index (κ2) is 8.65. The molecule has 8 nitrogen and oxygen atoms in total. The molecule has 0 radical (unpaired) electrons. The molecule has 0 aromatic carbocycles. The zero-order valence-corrected chi connectivity index (χ0v) is 8.49. The van der Waals surface area contributed by atoms with Gasteiger partial charge in [0, 0.05) is 17.7 Å². The van der Waals surface area contributed by atoms with Crippen molar-refractivity contribution in [3.63, 3.8) is 0 Å². The fraction of sp³-hybridized carbons (Fsp3) is 0.111. The molecule has 0 aromatic heterocycles. The lowest BCUT2D eigenvalue weighted by Gasteiger charge is -1.91. The van der Waals surface area contributed by atoms with E-state index in [-0.39, 0.29) is 5.57 Å². The summed E-state index contributed by atoms with van der Waals surface area (Å²) < 4.78 is 0. The average molecular weight is 246 g/mol. The van der Waals surface area contributed by atoms with Crippen molar-refractivity contribution in [1.82, 2.24) is 0 Å². The average Bonchev–Trinajstić information content (AvgIpc) is 2.14. The molecular formula is C9H10O8. The maximum atomic E-state index is 9.87. The molecule has 94 valence electrons. The first kappa shape index (κ1) is 16.8. The van der Waals surface area contributed by atoms with Crippen LogP contribution in [0.2, 0.25) is 0 Å². The lowest BCUT2D eigenvalue weighted by molar-refractivity contribution is -0.139. The van der Waals surface area contributed by atoms with E-state index in [1.807, 2.05) is 0 Å². The molecular weight excluding hydrogens is 236 g/mol. The smallest absolute Gasteiger partial charge is 0.331 e. The molecule has 4 N–H and O–H groups in total. The van der Waals surface area contributed by atoms with Crippen molar-refractivity contribution >= 4 is 23.9 Å². The number of hydrogen-bond donors (Lipinski definition) is 4. The minimum atomic E-state index is -1.27. The Bertz CT molecular complexity index is 349. The number of hydrogen-bond acceptors (Lipinski definition) is 4. The monoisotopic (exact) mass is 246 g/mol. The lowest BCUT2D eigenvalue weighted by atomic mass is 10.2. The van der Waals surface area contributed by atoms with Crippen molar-refractivity contribution in [3.05, 3.63) is 24.3 Å². The van der Waals surface area contributed by atoms with E-state index in [9.17, 15) is 19.2 Å². The zero-order chi connectivity index (χ0) is 14.0. The summed E-state index contributed by atoms with van der Waals surface area (Å²) in [6.07, 6.45) is 0.611. The van der Waals surface area contributed by atoms with Crippen LogP contribution in [0.1, 0.15) is 6.42 Å². The van der Waals surface area contributed by atoms with Gasteiger partial charge in [0.15, 0.2) is 0 Å². The van der Waals surface area contributed by atoms with Gasteiger partial charge in [-0.2, -0.15) is 0 Å². The third kappa shape index (κ3) is 16.1. The van der Waals surface area contributed by atoms with Crippen LogP contribution in [-0.4, -0.2) is 44.3 Å². The van der Waals surface area contributed by atoms with E-state index in [1.165, 1.54) is 0 Å². The van der Waals surface area contributed by atoms with Crippen molar-refractivity contribution in [1.29, 1.82) is 0 Å². The van der Waals surface area contributed by atoms with Gasteiger partial charge in [0.25, 0.3) is 0 Å². The molecule has 0 atom stereocenters. The molecule has 0 unspecified atom stereocenters. The number of carbonyl (C=O) groups is 4. The Morgan fingerprint density at radius 2 is 1.24 bits per heavy atom. The topological polar surface area (TPSA) is 149 Å². The Hall–Kier alpha value is -2.64. The van der Waals surface area contributed by atoms with Crippen molar-refractivity contribution in [2.24, 2.45) is 0 Å². The summed E-state index contributed by atoms with van der Waals surface area (Å²) >= 11 is 0. The summed E-state index contributed by atoms with van der Waals surface area (Å²) in [5.74, 6) is -4.96. The summed E-state index contributed by atoms with van der Waals surface area (Å²) in [6, 6.07) is 0. The first-order valence-electron chi connectivity index (χ1n) is 3.93. The number of aliphatic carboxylic acids is 4. The Balaban J connectivity index is 0. The Kier molecular flexibility index (Phi) is 8.54. The van der Waals surface area contributed by atoms with E-state index in [4.69, 9.17) is 20.4 Å². The van der Waals surface area contributed by atoms with Gasteiger partial charge in [-0.3, -0.25) is 4.79 Å². The van der Waals surface area contributed by atoms with E-state index >= 15 is 0 Å². The van der Waals surface area contributed by atoms with E-state index in [0.29, 0.717) is 12.2 Å². The highest BCUT2D eigenvalue weighted by atomic mass is 16.4. The highest BCUT2D eigenvalue weighted by Gasteiger charge is 2.07. The van der Waals surface area contributed by atoms with Crippen LogP contribution in [0.5, 0.6) is 0 Å².